The minimum Gasteiger partial charge on any atom is -0.465 e. The van der Waals surface area contributed by atoms with Gasteiger partial charge in [-0.2, -0.15) is 4.98 Å². The second-order valence-corrected chi connectivity index (χ2v) is 10.1. The van der Waals surface area contributed by atoms with E-state index in [4.69, 9.17) is 14.2 Å². The fraction of sp³-hybridized carbons (Fsp3) is 0.290. The third-order valence-electron chi connectivity index (χ3n) is 7.56. The van der Waals surface area contributed by atoms with Gasteiger partial charge in [-0.15, -0.1) is 5.10 Å². The van der Waals surface area contributed by atoms with Gasteiger partial charge in [0.05, 0.1) is 29.7 Å². The molecule has 0 amide bonds. The molecule has 0 bridgehead atoms. The van der Waals surface area contributed by atoms with E-state index in [0.717, 1.165) is 47.9 Å². The van der Waals surface area contributed by atoms with Crippen molar-refractivity contribution in [3.8, 4) is 28.5 Å². The van der Waals surface area contributed by atoms with Crippen molar-refractivity contribution in [3.05, 3.63) is 77.9 Å². The zero-order valence-electron chi connectivity index (χ0n) is 23.1. The molecule has 42 heavy (non-hydrogen) atoms. The average Bonchev–Trinajstić information content (AvgIpc) is 3.80. The molecule has 6 rings (SSSR count). The number of ether oxygens (including phenoxy) is 3. The van der Waals surface area contributed by atoms with Gasteiger partial charge in [0.15, 0.2) is 5.82 Å². The fourth-order valence-corrected chi connectivity index (χ4v) is 5.59. The van der Waals surface area contributed by atoms with Crippen molar-refractivity contribution < 1.29 is 23.8 Å². The topological polar surface area (TPSA) is 134 Å². The summed E-state index contributed by atoms with van der Waals surface area (Å²) in [5.74, 6) is 0.0117. The van der Waals surface area contributed by atoms with Crippen LogP contribution >= 0.6 is 0 Å². The Morgan fingerprint density at radius 3 is 2.55 bits per heavy atom. The van der Waals surface area contributed by atoms with Gasteiger partial charge in [-0.1, -0.05) is 67.4 Å². The second-order valence-electron chi connectivity index (χ2n) is 10.1. The lowest BCUT2D eigenvalue weighted by molar-refractivity contribution is -0.162. The molecule has 1 fully saturated rings. The van der Waals surface area contributed by atoms with Gasteiger partial charge in [-0.25, -0.2) is 9.89 Å². The molecular weight excluding hydrogens is 536 g/mol. The molecule has 0 spiro atoms. The smallest absolute Gasteiger partial charge is 0.343 e. The monoisotopic (exact) mass is 566 g/mol. The Balaban J connectivity index is 1.32. The first-order chi connectivity index (χ1) is 20.7. The number of hydrogen-bond donors (Lipinski definition) is 1. The fourth-order valence-electron chi connectivity index (χ4n) is 5.59. The molecule has 1 aliphatic carbocycles. The summed E-state index contributed by atoms with van der Waals surface area (Å²) < 4.78 is 18.7. The first-order valence-electron chi connectivity index (χ1n) is 14.0. The number of nitrogens with zero attached hydrogens (tertiary/aromatic N) is 5. The molecule has 11 nitrogen and oxygen atoms in total. The molecule has 214 valence electrons. The number of H-pyrrole nitrogens is 1. The van der Waals surface area contributed by atoms with E-state index < -0.39 is 12.3 Å². The van der Waals surface area contributed by atoms with Crippen molar-refractivity contribution in [2.45, 2.75) is 45.4 Å². The van der Waals surface area contributed by atoms with Crippen LogP contribution in [0.5, 0.6) is 6.01 Å². The van der Waals surface area contributed by atoms with E-state index in [1.807, 2.05) is 66.1 Å². The number of fused-ring (bicyclic) bond motifs is 1. The third-order valence-corrected chi connectivity index (χ3v) is 7.56. The Bertz CT molecular complexity index is 1680. The van der Waals surface area contributed by atoms with E-state index in [1.165, 1.54) is 0 Å². The molecule has 1 saturated carbocycles. The lowest BCUT2D eigenvalue weighted by atomic mass is 9.98. The summed E-state index contributed by atoms with van der Waals surface area (Å²) in [5, 5.41) is 14.3. The summed E-state index contributed by atoms with van der Waals surface area (Å²) in [6.07, 6.45) is 2.81. The maximum absolute atomic E-state index is 13.5. The van der Waals surface area contributed by atoms with Crippen LogP contribution in [-0.4, -0.2) is 55.5 Å². The van der Waals surface area contributed by atoms with Crippen LogP contribution in [0, 0.1) is 5.92 Å². The molecule has 1 aliphatic rings. The Morgan fingerprint density at radius 2 is 1.83 bits per heavy atom. The van der Waals surface area contributed by atoms with E-state index in [1.54, 1.807) is 12.1 Å². The van der Waals surface area contributed by atoms with Gasteiger partial charge in [0.1, 0.15) is 0 Å². The highest BCUT2D eigenvalue weighted by Crippen LogP contribution is 2.33. The lowest BCUT2D eigenvalue weighted by Gasteiger charge is -2.21. The third kappa shape index (κ3) is 5.45. The summed E-state index contributed by atoms with van der Waals surface area (Å²) in [4.78, 5) is 29.3. The molecule has 1 unspecified atom stereocenters. The number of esters is 1. The molecule has 1 N–H and O–H groups in total. The second kappa shape index (κ2) is 12.2. The van der Waals surface area contributed by atoms with Gasteiger partial charge in [0.2, 0.25) is 6.29 Å². The number of carbonyl (C=O) groups is 2. The number of aromatic amines is 1. The highest BCUT2D eigenvalue weighted by Gasteiger charge is 2.31. The Morgan fingerprint density at radius 1 is 1.05 bits per heavy atom. The number of carbonyl (C=O) groups excluding carboxylic acids is 2. The SMILES string of the molecule is CCOc1nc2cccc(C(=O)OC(OC=O)C3CCCC3)c2n1Cc1ccc(-c2ccccc2-c2nnn[nH]2)cc1. The maximum atomic E-state index is 13.5. The highest BCUT2D eigenvalue weighted by molar-refractivity contribution is 6.02. The summed E-state index contributed by atoms with van der Waals surface area (Å²) in [7, 11) is 0. The van der Waals surface area contributed by atoms with Crippen molar-refractivity contribution in [1.82, 2.24) is 30.2 Å². The number of rotatable bonds is 11. The molecule has 0 saturated heterocycles. The zero-order valence-corrected chi connectivity index (χ0v) is 23.1. The van der Waals surface area contributed by atoms with Gasteiger partial charge in [-0.3, -0.25) is 9.36 Å². The number of para-hydroxylation sites is 1. The first-order valence-corrected chi connectivity index (χ1v) is 14.0. The van der Waals surface area contributed by atoms with Gasteiger partial charge >= 0.3 is 5.97 Å². The van der Waals surface area contributed by atoms with E-state index in [-0.39, 0.29) is 5.92 Å². The Kier molecular flexibility index (Phi) is 7.89. The number of imidazole rings is 1. The number of aromatic nitrogens is 6. The predicted molar refractivity (Wildman–Crippen MR) is 153 cm³/mol. The molecule has 0 radical (unpaired) electrons. The minimum absolute atomic E-state index is 0.00814. The van der Waals surface area contributed by atoms with Crippen LogP contribution < -0.4 is 4.74 Å². The van der Waals surface area contributed by atoms with E-state index >= 15 is 0 Å². The van der Waals surface area contributed by atoms with Crippen LogP contribution in [0.4, 0.5) is 0 Å². The van der Waals surface area contributed by atoms with Crippen molar-refractivity contribution in [2.75, 3.05) is 6.61 Å². The van der Waals surface area contributed by atoms with Crippen molar-refractivity contribution in [1.29, 1.82) is 0 Å². The summed E-state index contributed by atoms with van der Waals surface area (Å²) >= 11 is 0. The molecule has 1 atom stereocenters. The van der Waals surface area contributed by atoms with Crippen LogP contribution in [0.25, 0.3) is 33.5 Å². The van der Waals surface area contributed by atoms with Gasteiger partial charge < -0.3 is 14.2 Å². The number of benzene rings is 3. The van der Waals surface area contributed by atoms with Crippen molar-refractivity contribution >= 4 is 23.5 Å². The summed E-state index contributed by atoms with van der Waals surface area (Å²) in [5.41, 5.74) is 5.40. The summed E-state index contributed by atoms with van der Waals surface area (Å²) in [6.45, 7) is 3.05. The van der Waals surface area contributed by atoms with E-state index in [9.17, 15) is 9.59 Å². The minimum atomic E-state index is -0.918. The molecule has 2 heterocycles. The van der Waals surface area contributed by atoms with Crippen LogP contribution in [-0.2, 0) is 20.8 Å². The van der Waals surface area contributed by atoms with Crippen LogP contribution in [0.2, 0.25) is 0 Å². The number of tetrazole rings is 1. The summed E-state index contributed by atoms with van der Waals surface area (Å²) in [6, 6.07) is 21.7. The molecule has 0 aliphatic heterocycles. The highest BCUT2D eigenvalue weighted by atomic mass is 16.7. The molecular formula is C31H30N6O5. The van der Waals surface area contributed by atoms with Crippen LogP contribution in [0.1, 0.15) is 48.5 Å². The first kappa shape index (κ1) is 27.1. The zero-order chi connectivity index (χ0) is 28.9. The Labute approximate surface area is 241 Å². The Hall–Kier alpha value is -5.06. The quantitative estimate of drug-likeness (QED) is 0.130. The molecule has 5 aromatic rings. The van der Waals surface area contributed by atoms with Crippen molar-refractivity contribution in [2.24, 2.45) is 5.92 Å². The number of hydrogen-bond acceptors (Lipinski definition) is 9. The van der Waals surface area contributed by atoms with Crippen LogP contribution in [0.15, 0.2) is 66.7 Å². The average molecular weight is 567 g/mol. The lowest BCUT2D eigenvalue weighted by Crippen LogP contribution is -2.28. The number of nitrogens with one attached hydrogen (secondary N) is 1. The maximum Gasteiger partial charge on any atom is 0.343 e. The largest absolute Gasteiger partial charge is 0.465 e. The van der Waals surface area contributed by atoms with Gasteiger partial charge in [-0.05, 0) is 59.0 Å². The molecule has 3 aromatic carbocycles. The van der Waals surface area contributed by atoms with E-state index in [0.29, 0.717) is 48.1 Å². The predicted octanol–water partition coefficient (Wildman–Crippen LogP) is 5.18. The van der Waals surface area contributed by atoms with Gasteiger partial charge in [0, 0.05) is 11.5 Å². The molecule has 11 heteroatoms. The van der Waals surface area contributed by atoms with E-state index in [2.05, 4.69) is 25.6 Å². The van der Waals surface area contributed by atoms with Crippen LogP contribution in [0.3, 0.4) is 0 Å². The molecule has 2 aromatic heterocycles. The van der Waals surface area contributed by atoms with Crippen molar-refractivity contribution in [3.63, 3.8) is 0 Å². The van der Waals surface area contributed by atoms with Gasteiger partial charge in [0.25, 0.3) is 12.5 Å². The standard InChI is InChI=1S/C31H30N6O5/c1-2-40-31-32-26-13-7-12-25(29(39)42-30(41-19-38)22-8-3-4-9-22)27(26)37(31)18-20-14-16-21(17-15-20)23-10-5-6-11-24(23)28-33-35-36-34-28/h5-7,10-17,19,22,30H,2-4,8-9,18H2,1H3,(H,33,34,35,36). The normalized spacial score (nSPS) is 14.1.